The minimum atomic E-state index is -1.03. The third-order valence-corrected chi connectivity index (χ3v) is 3.21. The first-order chi connectivity index (χ1) is 11.5. The van der Waals surface area contributed by atoms with E-state index in [0.717, 1.165) is 11.9 Å². The molecule has 0 fully saturated rings. The second kappa shape index (κ2) is 7.73. The summed E-state index contributed by atoms with van der Waals surface area (Å²) >= 11 is 0. The van der Waals surface area contributed by atoms with Crippen LogP contribution in [0.4, 0.5) is 0 Å². The lowest BCUT2D eigenvalue weighted by molar-refractivity contribution is 0.0697. The van der Waals surface area contributed by atoms with Gasteiger partial charge in [0.15, 0.2) is 5.84 Å². The number of nitrogens with two attached hydrogens (primary N) is 1. The number of nitrogens with zero attached hydrogens (tertiary/aromatic N) is 2. The number of carboxylic acid groups (broad SMARTS) is 1. The summed E-state index contributed by atoms with van der Waals surface area (Å²) in [6, 6.07) is 13.6. The molecular formula is C18H17N3O3. The molecule has 0 radical (unpaired) electrons. The van der Waals surface area contributed by atoms with Crippen molar-refractivity contribution < 1.29 is 14.6 Å². The number of carbonyl (C=O) groups is 1. The third kappa shape index (κ3) is 4.07. The monoisotopic (exact) mass is 323 g/mol. The summed E-state index contributed by atoms with van der Waals surface area (Å²) < 4.78 is 5.18. The van der Waals surface area contributed by atoms with Gasteiger partial charge in [0.2, 0.25) is 0 Å². The van der Waals surface area contributed by atoms with Gasteiger partial charge >= 0.3 is 5.97 Å². The molecule has 122 valence electrons. The van der Waals surface area contributed by atoms with Crippen molar-refractivity contribution in [3.05, 3.63) is 71.8 Å². The van der Waals surface area contributed by atoms with Crippen LogP contribution >= 0.6 is 0 Å². The molecule has 0 heterocycles. The Bertz CT molecular complexity index is 826. The van der Waals surface area contributed by atoms with E-state index >= 15 is 0 Å². The van der Waals surface area contributed by atoms with Gasteiger partial charge in [0.1, 0.15) is 5.75 Å². The maximum absolute atomic E-state index is 11.1. The Labute approximate surface area is 139 Å². The van der Waals surface area contributed by atoms with Crippen LogP contribution in [0, 0.1) is 0 Å². The smallest absolute Gasteiger partial charge is 0.335 e. The van der Waals surface area contributed by atoms with E-state index in [1.807, 2.05) is 18.2 Å². The number of benzene rings is 2. The Balaban J connectivity index is 2.42. The van der Waals surface area contributed by atoms with Crippen molar-refractivity contribution in [1.29, 1.82) is 0 Å². The number of hydrogen-bond acceptors (Lipinski definition) is 3. The number of ether oxygens (including phenoxy) is 1. The van der Waals surface area contributed by atoms with Crippen LogP contribution in [0.5, 0.6) is 5.75 Å². The van der Waals surface area contributed by atoms with E-state index in [1.165, 1.54) is 12.1 Å². The fourth-order valence-electron chi connectivity index (χ4n) is 2.02. The van der Waals surface area contributed by atoms with E-state index in [-0.39, 0.29) is 11.4 Å². The molecule has 0 amide bonds. The second-order valence-electron chi connectivity index (χ2n) is 4.78. The van der Waals surface area contributed by atoms with Gasteiger partial charge < -0.3 is 15.6 Å². The zero-order chi connectivity index (χ0) is 17.5. The summed E-state index contributed by atoms with van der Waals surface area (Å²) in [6.45, 7) is 3.93. The maximum atomic E-state index is 11.1. The summed E-state index contributed by atoms with van der Waals surface area (Å²) in [6.07, 6.45) is 1.10. The molecule has 0 bridgehead atoms. The molecule has 0 aliphatic heterocycles. The van der Waals surface area contributed by atoms with Crippen LogP contribution in [0.25, 0.3) is 5.70 Å². The van der Waals surface area contributed by atoms with Crippen LogP contribution in [0.2, 0.25) is 0 Å². The van der Waals surface area contributed by atoms with Crippen LogP contribution in [-0.4, -0.2) is 30.4 Å². The first-order valence-electron chi connectivity index (χ1n) is 7.05. The molecule has 3 N–H and O–H groups in total. The molecule has 0 atom stereocenters. The topological polar surface area (TPSA) is 97.3 Å². The molecule has 0 saturated heterocycles. The van der Waals surface area contributed by atoms with Crippen LogP contribution < -0.4 is 10.5 Å². The van der Waals surface area contributed by atoms with Crippen LogP contribution in [0.1, 0.15) is 21.5 Å². The third-order valence-electron chi connectivity index (χ3n) is 3.21. The highest BCUT2D eigenvalue weighted by Gasteiger charge is 2.08. The molecule has 0 aliphatic rings. The Morgan fingerprint density at radius 1 is 1.17 bits per heavy atom. The second-order valence-corrected chi connectivity index (χ2v) is 4.78. The molecule has 0 aliphatic carbocycles. The lowest BCUT2D eigenvalue weighted by Gasteiger charge is -2.06. The SMILES string of the molecule is C=C(N=C(N=CN)c1cccc(C(=O)O)c1)c1cccc(OC)c1. The summed E-state index contributed by atoms with van der Waals surface area (Å²) in [5, 5.41) is 9.10. The Morgan fingerprint density at radius 2 is 1.83 bits per heavy atom. The van der Waals surface area contributed by atoms with E-state index in [0.29, 0.717) is 17.0 Å². The zero-order valence-corrected chi connectivity index (χ0v) is 13.1. The standard InChI is InChI=1S/C18H17N3O3/c1-12(13-5-4-8-16(10-13)24-2)21-17(20-11-19)14-6-3-7-15(9-14)18(22)23/h3-11H,1H2,2H3,(H,22,23)(H2,19,20,21). The number of hydrogen-bond donors (Lipinski definition) is 2. The van der Waals surface area contributed by atoms with Crippen molar-refractivity contribution in [2.24, 2.45) is 15.7 Å². The fourth-order valence-corrected chi connectivity index (χ4v) is 2.02. The highest BCUT2D eigenvalue weighted by molar-refractivity contribution is 6.06. The average molecular weight is 323 g/mol. The number of methoxy groups -OCH3 is 1. The van der Waals surface area contributed by atoms with Gasteiger partial charge in [0.05, 0.1) is 24.7 Å². The zero-order valence-electron chi connectivity index (χ0n) is 13.1. The Kier molecular flexibility index (Phi) is 5.46. The maximum Gasteiger partial charge on any atom is 0.335 e. The van der Waals surface area contributed by atoms with E-state index in [4.69, 9.17) is 15.6 Å². The predicted octanol–water partition coefficient (Wildman–Crippen LogP) is 2.80. The van der Waals surface area contributed by atoms with Crippen molar-refractivity contribution in [3.8, 4) is 5.75 Å². The minimum absolute atomic E-state index is 0.138. The van der Waals surface area contributed by atoms with Crippen LogP contribution in [0.3, 0.4) is 0 Å². The van der Waals surface area contributed by atoms with Crippen molar-refractivity contribution in [2.75, 3.05) is 7.11 Å². The van der Waals surface area contributed by atoms with Crippen LogP contribution in [-0.2, 0) is 0 Å². The summed E-state index contributed by atoms with van der Waals surface area (Å²) in [4.78, 5) is 19.5. The van der Waals surface area contributed by atoms with Crippen molar-refractivity contribution in [3.63, 3.8) is 0 Å². The lowest BCUT2D eigenvalue weighted by atomic mass is 10.1. The van der Waals surface area contributed by atoms with Gasteiger partial charge in [-0.25, -0.2) is 14.8 Å². The van der Waals surface area contributed by atoms with Gasteiger partial charge in [-0.2, -0.15) is 0 Å². The van der Waals surface area contributed by atoms with Gasteiger partial charge in [0.25, 0.3) is 0 Å². The highest BCUT2D eigenvalue weighted by atomic mass is 16.5. The van der Waals surface area contributed by atoms with E-state index in [9.17, 15) is 4.79 Å². The molecular weight excluding hydrogens is 306 g/mol. The van der Waals surface area contributed by atoms with E-state index in [1.54, 1.807) is 25.3 Å². The fraction of sp³-hybridized carbons (Fsp3) is 0.0556. The van der Waals surface area contributed by atoms with Crippen molar-refractivity contribution in [1.82, 2.24) is 0 Å². The van der Waals surface area contributed by atoms with Crippen LogP contribution in [0.15, 0.2) is 65.1 Å². The van der Waals surface area contributed by atoms with Crippen molar-refractivity contribution in [2.45, 2.75) is 0 Å². The average Bonchev–Trinajstić information content (AvgIpc) is 2.61. The lowest BCUT2D eigenvalue weighted by Crippen LogP contribution is -2.04. The van der Waals surface area contributed by atoms with Gasteiger partial charge in [0, 0.05) is 11.1 Å². The Morgan fingerprint density at radius 3 is 2.50 bits per heavy atom. The summed E-state index contributed by atoms with van der Waals surface area (Å²) in [7, 11) is 1.58. The van der Waals surface area contributed by atoms with E-state index in [2.05, 4.69) is 16.6 Å². The quantitative estimate of drug-likeness (QED) is 0.653. The molecule has 6 nitrogen and oxygen atoms in total. The number of aromatic carboxylic acids is 1. The predicted molar refractivity (Wildman–Crippen MR) is 94.6 cm³/mol. The van der Waals surface area contributed by atoms with Gasteiger partial charge in [-0.1, -0.05) is 30.8 Å². The number of rotatable bonds is 5. The molecule has 0 aromatic heterocycles. The molecule has 2 aromatic carbocycles. The van der Waals surface area contributed by atoms with Gasteiger partial charge in [-0.15, -0.1) is 0 Å². The first-order valence-corrected chi connectivity index (χ1v) is 7.05. The Hall–Kier alpha value is -3.41. The molecule has 24 heavy (non-hydrogen) atoms. The van der Waals surface area contributed by atoms with Gasteiger partial charge in [-0.3, -0.25) is 0 Å². The molecule has 6 heteroatoms. The van der Waals surface area contributed by atoms with Crippen molar-refractivity contribution >= 4 is 23.8 Å². The van der Waals surface area contributed by atoms with Gasteiger partial charge in [-0.05, 0) is 24.3 Å². The van der Waals surface area contributed by atoms with E-state index < -0.39 is 5.97 Å². The molecule has 0 spiro atoms. The molecule has 2 aromatic rings. The molecule has 0 saturated carbocycles. The number of amidine groups is 1. The normalized spacial score (nSPS) is 11.5. The molecule has 2 rings (SSSR count). The number of carboxylic acids is 1. The molecule has 0 unspecified atom stereocenters. The first kappa shape index (κ1) is 17.0. The highest BCUT2D eigenvalue weighted by Crippen LogP contribution is 2.21. The largest absolute Gasteiger partial charge is 0.497 e. The summed E-state index contributed by atoms with van der Waals surface area (Å²) in [5.41, 5.74) is 7.26. The number of aliphatic imine (C=N–C) groups is 2. The summed E-state index contributed by atoms with van der Waals surface area (Å²) in [5.74, 6) is -0.0754. The minimum Gasteiger partial charge on any atom is -0.497 e.